The summed E-state index contributed by atoms with van der Waals surface area (Å²) in [5.74, 6) is -5.29. The Kier molecular flexibility index (Phi) is 7.03. The van der Waals surface area contributed by atoms with Crippen LogP contribution in [0.25, 0.3) is 5.76 Å². The fourth-order valence-electron chi connectivity index (χ4n) is 6.45. The molecule has 1 fully saturated rings. The Balaban J connectivity index is 1.87. The van der Waals surface area contributed by atoms with Gasteiger partial charge in [0.05, 0.1) is 11.7 Å². The number of fused-ring (bicyclic) bond motifs is 3. The molecule has 208 valence electrons. The summed E-state index contributed by atoms with van der Waals surface area (Å²) in [5.41, 5.74) is 3.64. The number of primary amides is 1. The molecule has 0 saturated heterocycles. The first kappa shape index (κ1) is 28.3. The van der Waals surface area contributed by atoms with Crippen LogP contribution < -0.4 is 11.1 Å². The molecule has 0 bridgehead atoms. The molecule has 8 N–H and O–H groups in total. The number of nitrogens with two attached hydrogens (primary N) is 1. The minimum Gasteiger partial charge on any atom is -0.507 e. The minimum absolute atomic E-state index is 0.0155. The molecule has 1 unspecified atom stereocenters. The van der Waals surface area contributed by atoms with Crippen LogP contribution in [0.3, 0.4) is 0 Å². The highest BCUT2D eigenvalue weighted by Crippen LogP contribution is 2.55. The highest BCUT2D eigenvalue weighted by atomic mass is 16.3. The lowest BCUT2D eigenvalue weighted by atomic mass is 9.54. The number of amides is 1. The number of aromatic hydroxyl groups is 1. The minimum atomic E-state index is -2.42. The molecule has 0 spiro atoms. The van der Waals surface area contributed by atoms with E-state index in [1.54, 1.807) is 33.2 Å². The van der Waals surface area contributed by atoms with E-state index in [2.05, 4.69) is 26.1 Å². The van der Waals surface area contributed by atoms with Gasteiger partial charge in [-0.1, -0.05) is 39.8 Å². The van der Waals surface area contributed by atoms with E-state index >= 15 is 0 Å². The monoisotopic (exact) mass is 529 g/mol. The Bertz CT molecular complexity index is 1230. The first-order chi connectivity index (χ1) is 17.5. The van der Waals surface area contributed by atoms with Gasteiger partial charge in [-0.15, -0.1) is 0 Å². The number of phenolic OH excluding ortho intramolecular Hbond substituents is 1. The lowest BCUT2D eigenvalue weighted by Crippen LogP contribution is -2.69. The van der Waals surface area contributed by atoms with E-state index in [0.717, 1.165) is 6.08 Å². The molecule has 3 aliphatic rings. The van der Waals surface area contributed by atoms with Gasteiger partial charge in [-0.3, -0.25) is 9.59 Å². The van der Waals surface area contributed by atoms with Gasteiger partial charge in [-0.2, -0.15) is 0 Å². The summed E-state index contributed by atoms with van der Waals surface area (Å²) in [7, 11) is 3.20. The van der Waals surface area contributed by atoms with Gasteiger partial charge in [0.1, 0.15) is 17.6 Å². The van der Waals surface area contributed by atoms with Gasteiger partial charge in [0, 0.05) is 47.7 Å². The average molecular weight is 530 g/mol. The summed E-state index contributed by atoms with van der Waals surface area (Å²) in [6.45, 7) is 9.01. The number of Topliss-reactive ketones (excluding diaryl/α,β-unsaturated/α-hetero) is 1. The van der Waals surface area contributed by atoms with Crippen LogP contribution >= 0.6 is 0 Å². The van der Waals surface area contributed by atoms with Crippen molar-refractivity contribution in [2.75, 3.05) is 20.6 Å². The maximum absolute atomic E-state index is 14.0. The number of nitrogens with one attached hydrogen (secondary N) is 1. The van der Waals surface area contributed by atoms with Crippen molar-refractivity contribution in [2.24, 2.45) is 23.0 Å². The highest BCUT2D eigenvalue weighted by Gasteiger charge is 2.64. The number of ketones is 1. The van der Waals surface area contributed by atoms with Gasteiger partial charge in [0.15, 0.2) is 11.4 Å². The molecule has 0 aliphatic heterocycles. The molecule has 1 amide bonds. The molecule has 10 heteroatoms. The molecule has 4 rings (SSSR count). The molecule has 38 heavy (non-hydrogen) atoms. The SMILES string of the molecule is C[C@H]1c2ccc(CNCC(C)(C)C)c(O)c2C(O)=C2C(=O)[C@]3(O)C=C(C(N)=O)C(O)[C@@H](N(C)C)[C@@H]3[C@@H](O)[C@@H]21. The molecule has 1 aromatic carbocycles. The first-order valence-electron chi connectivity index (χ1n) is 12.8. The van der Waals surface area contributed by atoms with Crippen molar-refractivity contribution in [2.45, 2.75) is 64.0 Å². The summed E-state index contributed by atoms with van der Waals surface area (Å²) in [6, 6.07) is 2.50. The summed E-state index contributed by atoms with van der Waals surface area (Å²) < 4.78 is 0. The number of benzene rings is 1. The van der Waals surface area contributed by atoms with Crippen molar-refractivity contribution in [1.82, 2.24) is 10.2 Å². The highest BCUT2D eigenvalue weighted by molar-refractivity contribution is 6.11. The van der Waals surface area contributed by atoms with Crippen LogP contribution in [0.1, 0.15) is 50.3 Å². The zero-order chi connectivity index (χ0) is 28.5. The van der Waals surface area contributed by atoms with Crippen molar-refractivity contribution >= 4 is 17.4 Å². The lowest BCUT2D eigenvalue weighted by molar-refractivity contribution is -0.163. The number of aliphatic hydroxyl groups excluding tert-OH is 3. The van der Waals surface area contributed by atoms with Crippen molar-refractivity contribution < 1.29 is 35.1 Å². The van der Waals surface area contributed by atoms with Crippen LogP contribution in [-0.4, -0.2) is 86.6 Å². The summed E-state index contributed by atoms with van der Waals surface area (Å²) in [5, 5.41) is 60.2. The Morgan fingerprint density at radius 1 is 1.18 bits per heavy atom. The van der Waals surface area contributed by atoms with E-state index in [1.807, 2.05) is 0 Å². The Morgan fingerprint density at radius 3 is 2.37 bits per heavy atom. The number of nitrogens with zero attached hydrogens (tertiary/aromatic N) is 1. The third kappa shape index (κ3) is 4.24. The van der Waals surface area contributed by atoms with Crippen LogP contribution in [0.4, 0.5) is 0 Å². The van der Waals surface area contributed by atoms with E-state index in [1.165, 1.54) is 4.90 Å². The first-order valence-corrected chi connectivity index (χ1v) is 12.8. The van der Waals surface area contributed by atoms with Gasteiger partial charge in [0.25, 0.3) is 0 Å². The maximum Gasteiger partial charge on any atom is 0.247 e. The normalized spacial score (nSPS) is 33.0. The van der Waals surface area contributed by atoms with E-state index in [4.69, 9.17) is 5.73 Å². The quantitative estimate of drug-likeness (QED) is 0.287. The molecule has 0 aromatic heterocycles. The van der Waals surface area contributed by atoms with E-state index in [9.17, 15) is 35.1 Å². The Labute approximate surface area is 222 Å². The number of likely N-dealkylation sites (N-methyl/N-ethyl adjacent to an activating group) is 1. The van der Waals surface area contributed by atoms with Crippen molar-refractivity contribution in [3.8, 4) is 5.75 Å². The lowest BCUT2D eigenvalue weighted by Gasteiger charge is -2.55. The van der Waals surface area contributed by atoms with Gasteiger partial charge < -0.3 is 41.5 Å². The van der Waals surface area contributed by atoms with Gasteiger partial charge in [0.2, 0.25) is 5.91 Å². The van der Waals surface area contributed by atoms with Crippen molar-refractivity contribution in [3.63, 3.8) is 0 Å². The average Bonchev–Trinajstić information content (AvgIpc) is 2.80. The molecule has 7 atom stereocenters. The second kappa shape index (κ2) is 9.46. The van der Waals surface area contributed by atoms with E-state index in [0.29, 0.717) is 24.2 Å². The molecule has 1 aromatic rings. The number of rotatable bonds is 5. The molecule has 1 saturated carbocycles. The zero-order valence-corrected chi connectivity index (χ0v) is 22.7. The second-order valence-corrected chi connectivity index (χ2v) is 12.3. The predicted octanol–water partition coefficient (Wildman–Crippen LogP) is 0.538. The summed E-state index contributed by atoms with van der Waals surface area (Å²) >= 11 is 0. The zero-order valence-electron chi connectivity index (χ0n) is 22.7. The number of carbonyl (C=O) groups excluding carboxylic acids is 2. The van der Waals surface area contributed by atoms with E-state index in [-0.39, 0.29) is 27.9 Å². The smallest absolute Gasteiger partial charge is 0.247 e. The fourth-order valence-corrected chi connectivity index (χ4v) is 6.45. The second-order valence-electron chi connectivity index (χ2n) is 12.3. The number of carbonyl (C=O) groups is 2. The maximum atomic E-state index is 14.0. The third-order valence-corrected chi connectivity index (χ3v) is 8.24. The number of hydrogen-bond donors (Lipinski definition) is 7. The van der Waals surface area contributed by atoms with Crippen LogP contribution in [-0.2, 0) is 16.1 Å². The van der Waals surface area contributed by atoms with Gasteiger partial charge in [-0.25, -0.2) is 0 Å². The Hall–Kier alpha value is -2.76. The van der Waals surface area contributed by atoms with Crippen molar-refractivity contribution in [3.05, 3.63) is 46.0 Å². The molecule has 10 nitrogen and oxygen atoms in total. The molecule has 3 aliphatic carbocycles. The molecule has 0 heterocycles. The number of aliphatic hydroxyl groups is 4. The van der Waals surface area contributed by atoms with Crippen molar-refractivity contribution in [1.29, 1.82) is 0 Å². The van der Waals surface area contributed by atoms with Crippen LogP contribution in [0.15, 0.2) is 29.4 Å². The standard InChI is InChI=1S/C28H39N3O7/c1-12-14-8-7-13(10-30-11-27(2,3)4)21(32)17(14)23(34)18-16(12)24(35)19-20(31(5)6)22(33)15(26(29)37)9-28(19,38)25(18)36/h7-9,12,16,19-20,22,24,30,32-35,38H,10-11H2,1-6H3,(H2,29,37)/t12-,16+,19+,20-,22?,24-,28-/m0/s1. The summed E-state index contributed by atoms with van der Waals surface area (Å²) in [4.78, 5) is 27.6. The molecule has 0 radical (unpaired) electrons. The largest absolute Gasteiger partial charge is 0.507 e. The predicted molar refractivity (Wildman–Crippen MR) is 141 cm³/mol. The topological polar surface area (TPSA) is 177 Å². The van der Waals surface area contributed by atoms with Gasteiger partial charge in [-0.05, 0) is 37.1 Å². The molecular formula is C28H39N3O7. The fraction of sp³-hybridized carbons (Fsp3) is 0.571. The van der Waals surface area contributed by atoms with Crippen LogP contribution in [0, 0.1) is 17.3 Å². The number of hydrogen-bond acceptors (Lipinski definition) is 9. The van der Waals surface area contributed by atoms with Gasteiger partial charge >= 0.3 is 0 Å². The Morgan fingerprint density at radius 2 is 1.82 bits per heavy atom. The molecular weight excluding hydrogens is 490 g/mol. The number of phenols is 1. The van der Waals surface area contributed by atoms with Crippen LogP contribution in [0.5, 0.6) is 5.75 Å². The summed E-state index contributed by atoms with van der Waals surface area (Å²) in [6.07, 6.45) is -1.92. The van der Waals surface area contributed by atoms with Crippen LogP contribution in [0.2, 0.25) is 0 Å². The third-order valence-electron chi connectivity index (χ3n) is 8.24. The van der Waals surface area contributed by atoms with E-state index < -0.39 is 59.1 Å².